The third-order valence-corrected chi connectivity index (χ3v) is 3.69. The molecule has 0 fully saturated rings. The maximum absolute atomic E-state index is 12.0. The smallest absolute Gasteiger partial charge is 0.300 e. The highest BCUT2D eigenvalue weighted by molar-refractivity contribution is 7.48. The predicted molar refractivity (Wildman–Crippen MR) is 65.9 cm³/mol. The van der Waals surface area contributed by atoms with Crippen molar-refractivity contribution >= 4 is 13.6 Å². The first-order valence-corrected chi connectivity index (χ1v) is 7.52. The number of ketones is 1. The molecular formula is C11H23O5P. The van der Waals surface area contributed by atoms with E-state index in [0.29, 0.717) is 6.42 Å². The summed E-state index contributed by atoms with van der Waals surface area (Å²) in [4.78, 5) is 11.4. The fourth-order valence-corrected chi connectivity index (χ4v) is 2.72. The summed E-state index contributed by atoms with van der Waals surface area (Å²) >= 11 is 0. The van der Waals surface area contributed by atoms with E-state index >= 15 is 0 Å². The quantitative estimate of drug-likeness (QED) is 0.567. The molecule has 0 aromatic heterocycles. The highest BCUT2D eigenvalue weighted by Crippen LogP contribution is 2.50. The topological polar surface area (TPSA) is 61.8 Å². The third kappa shape index (κ3) is 7.66. The van der Waals surface area contributed by atoms with Crippen molar-refractivity contribution in [1.29, 1.82) is 0 Å². The summed E-state index contributed by atoms with van der Waals surface area (Å²) < 4.78 is 27.2. The van der Waals surface area contributed by atoms with Crippen LogP contribution in [0.3, 0.4) is 0 Å². The molecule has 5 nitrogen and oxygen atoms in total. The Hall–Kier alpha value is -0.220. The van der Waals surface area contributed by atoms with Gasteiger partial charge in [0.1, 0.15) is 5.78 Å². The Bertz CT molecular complexity index is 257. The van der Waals surface area contributed by atoms with Gasteiger partial charge in [-0.2, -0.15) is 0 Å². The molecule has 6 heteroatoms. The number of hydrogen-bond donors (Lipinski definition) is 0. The number of Topliss-reactive ketones (excluding diaryl/α,β-unsaturated/α-hetero) is 1. The van der Waals surface area contributed by atoms with Gasteiger partial charge in [-0.25, -0.2) is 4.57 Å². The fraction of sp³-hybridized carbons (Fsp3) is 0.909. The first-order chi connectivity index (χ1) is 7.97. The van der Waals surface area contributed by atoms with Crippen LogP contribution in [0.15, 0.2) is 0 Å². The van der Waals surface area contributed by atoms with Crippen molar-refractivity contribution < 1.29 is 22.9 Å². The van der Waals surface area contributed by atoms with Crippen molar-refractivity contribution in [3.05, 3.63) is 0 Å². The van der Waals surface area contributed by atoms with E-state index in [2.05, 4.69) is 0 Å². The van der Waals surface area contributed by atoms with E-state index in [4.69, 9.17) is 13.6 Å². The van der Waals surface area contributed by atoms with E-state index in [0.717, 1.165) is 6.42 Å². The second kappa shape index (κ2) is 8.81. The monoisotopic (exact) mass is 266 g/mol. The molecule has 1 atom stereocenters. The molecule has 17 heavy (non-hydrogen) atoms. The molecule has 0 aliphatic carbocycles. The zero-order valence-electron chi connectivity index (χ0n) is 11.1. The van der Waals surface area contributed by atoms with Crippen LogP contribution in [0, 0.1) is 0 Å². The van der Waals surface area contributed by atoms with E-state index in [1.807, 2.05) is 6.92 Å². The van der Waals surface area contributed by atoms with Crippen LogP contribution in [-0.4, -0.2) is 25.1 Å². The van der Waals surface area contributed by atoms with Gasteiger partial charge in [0.05, 0.1) is 19.3 Å². The molecule has 1 unspecified atom stereocenters. The minimum absolute atomic E-state index is 0.0968. The minimum Gasteiger partial charge on any atom is -0.300 e. The van der Waals surface area contributed by atoms with Gasteiger partial charge in [0.2, 0.25) is 0 Å². The van der Waals surface area contributed by atoms with E-state index in [9.17, 15) is 9.36 Å². The van der Waals surface area contributed by atoms with Crippen molar-refractivity contribution in [2.75, 3.05) is 13.2 Å². The lowest BCUT2D eigenvalue weighted by molar-refractivity contribution is -0.120. The van der Waals surface area contributed by atoms with E-state index in [1.165, 1.54) is 0 Å². The highest BCUT2D eigenvalue weighted by Gasteiger charge is 2.28. The number of phosphoric ester groups is 1. The molecule has 0 N–H and O–H groups in total. The number of rotatable bonds is 10. The highest BCUT2D eigenvalue weighted by atomic mass is 31.2. The van der Waals surface area contributed by atoms with Gasteiger partial charge in [0, 0.05) is 12.8 Å². The van der Waals surface area contributed by atoms with Gasteiger partial charge >= 0.3 is 7.82 Å². The van der Waals surface area contributed by atoms with E-state index < -0.39 is 13.9 Å². The molecule has 0 aliphatic heterocycles. The number of carbonyl (C=O) groups excluding carboxylic acids is 1. The summed E-state index contributed by atoms with van der Waals surface area (Å²) in [5, 5.41) is 0. The van der Waals surface area contributed by atoms with Gasteiger partial charge in [-0.1, -0.05) is 6.92 Å². The van der Waals surface area contributed by atoms with Gasteiger partial charge in [-0.15, -0.1) is 0 Å². The SMILES string of the molecule is CCCC(=O)CC(C)OP(=O)(OCC)OCC. The molecule has 0 aliphatic rings. The van der Waals surface area contributed by atoms with Crippen LogP contribution >= 0.6 is 7.82 Å². The van der Waals surface area contributed by atoms with Crippen molar-refractivity contribution in [1.82, 2.24) is 0 Å². The number of phosphoric acid groups is 1. The fourth-order valence-electron chi connectivity index (χ4n) is 1.37. The van der Waals surface area contributed by atoms with Gasteiger partial charge < -0.3 is 0 Å². The standard InChI is InChI=1S/C11H23O5P/c1-5-8-11(12)9-10(4)16-17(13,14-6-2)15-7-3/h10H,5-9H2,1-4H3. The number of hydrogen-bond acceptors (Lipinski definition) is 5. The van der Waals surface area contributed by atoms with Crippen LogP contribution in [0.5, 0.6) is 0 Å². The molecule has 0 saturated carbocycles. The molecule has 0 amide bonds. The maximum atomic E-state index is 12.0. The summed E-state index contributed by atoms with van der Waals surface area (Å²) in [5.74, 6) is 0.0968. The first kappa shape index (κ1) is 16.8. The lowest BCUT2D eigenvalue weighted by Crippen LogP contribution is -2.14. The average molecular weight is 266 g/mol. The average Bonchev–Trinajstić information content (AvgIpc) is 2.17. The molecule has 102 valence electrons. The van der Waals surface area contributed by atoms with Crippen LogP contribution in [0.4, 0.5) is 0 Å². The second-order valence-electron chi connectivity index (χ2n) is 3.69. The van der Waals surface area contributed by atoms with Gasteiger partial charge in [0.15, 0.2) is 0 Å². The Kier molecular flexibility index (Phi) is 8.70. The Labute approximate surface area is 103 Å². The molecule has 0 radical (unpaired) electrons. The summed E-state index contributed by atoms with van der Waals surface area (Å²) in [6.07, 6.45) is 1.09. The van der Waals surface area contributed by atoms with Crippen molar-refractivity contribution in [2.45, 2.75) is 53.1 Å². The zero-order chi connectivity index (χ0) is 13.3. The maximum Gasteiger partial charge on any atom is 0.475 e. The normalized spacial score (nSPS) is 13.6. The van der Waals surface area contributed by atoms with Gasteiger partial charge in [0.25, 0.3) is 0 Å². The summed E-state index contributed by atoms with van der Waals surface area (Å²) in [6.45, 7) is 7.54. The molecule has 0 aromatic rings. The predicted octanol–water partition coefficient (Wildman–Crippen LogP) is 3.33. The van der Waals surface area contributed by atoms with E-state index in [-0.39, 0.29) is 25.4 Å². The second-order valence-corrected chi connectivity index (χ2v) is 5.31. The van der Waals surface area contributed by atoms with Crippen molar-refractivity contribution in [3.63, 3.8) is 0 Å². The molecule has 0 bridgehead atoms. The van der Waals surface area contributed by atoms with Crippen LogP contribution in [0.1, 0.15) is 47.0 Å². The van der Waals surface area contributed by atoms with Crippen molar-refractivity contribution in [2.24, 2.45) is 0 Å². The Morgan fingerprint density at radius 3 is 2.12 bits per heavy atom. The molecule has 0 heterocycles. The van der Waals surface area contributed by atoms with Crippen molar-refractivity contribution in [3.8, 4) is 0 Å². The Morgan fingerprint density at radius 2 is 1.71 bits per heavy atom. The number of carbonyl (C=O) groups is 1. The minimum atomic E-state index is -3.50. The largest absolute Gasteiger partial charge is 0.475 e. The molecule has 0 saturated heterocycles. The van der Waals surface area contributed by atoms with Crippen LogP contribution < -0.4 is 0 Å². The molecular weight excluding hydrogens is 243 g/mol. The van der Waals surface area contributed by atoms with Gasteiger partial charge in [-0.3, -0.25) is 18.4 Å². The van der Waals surface area contributed by atoms with E-state index in [1.54, 1.807) is 20.8 Å². The molecule has 0 rings (SSSR count). The summed E-state index contributed by atoms with van der Waals surface area (Å²) in [7, 11) is -3.50. The molecule has 0 spiro atoms. The van der Waals surface area contributed by atoms with Crippen LogP contribution in [-0.2, 0) is 22.9 Å². The third-order valence-electron chi connectivity index (χ3n) is 1.93. The molecule has 0 aromatic carbocycles. The summed E-state index contributed by atoms with van der Waals surface area (Å²) in [6, 6.07) is 0. The lowest BCUT2D eigenvalue weighted by Gasteiger charge is -2.20. The lowest BCUT2D eigenvalue weighted by atomic mass is 10.1. The summed E-state index contributed by atoms with van der Waals surface area (Å²) in [5.41, 5.74) is 0. The Morgan fingerprint density at radius 1 is 1.18 bits per heavy atom. The first-order valence-electron chi connectivity index (χ1n) is 6.06. The Balaban J connectivity index is 4.25. The van der Waals surface area contributed by atoms with Gasteiger partial charge in [-0.05, 0) is 27.2 Å². The van der Waals surface area contributed by atoms with Crippen LogP contribution in [0.2, 0.25) is 0 Å². The zero-order valence-corrected chi connectivity index (χ0v) is 12.0. The van der Waals surface area contributed by atoms with Crippen LogP contribution in [0.25, 0.3) is 0 Å².